The number of nitrogens with one attached hydrogen (secondary N) is 1. The summed E-state index contributed by atoms with van der Waals surface area (Å²) in [6.45, 7) is 3.15. The lowest BCUT2D eigenvalue weighted by Gasteiger charge is -2.25. The van der Waals surface area contributed by atoms with Gasteiger partial charge in [-0.1, -0.05) is 6.42 Å². The molecule has 1 aromatic rings. The lowest BCUT2D eigenvalue weighted by Crippen LogP contribution is -2.20. The van der Waals surface area contributed by atoms with E-state index in [1.54, 1.807) is 12.3 Å². The van der Waals surface area contributed by atoms with Crippen LogP contribution in [0.5, 0.6) is 0 Å². The van der Waals surface area contributed by atoms with Crippen LogP contribution in [0.3, 0.4) is 0 Å². The Hall–Kier alpha value is -1.10. The van der Waals surface area contributed by atoms with E-state index in [4.69, 9.17) is 4.74 Å². The van der Waals surface area contributed by atoms with Gasteiger partial charge in [0, 0.05) is 11.9 Å². The zero-order valence-corrected chi connectivity index (χ0v) is 10.2. The maximum atomic E-state index is 11.4. The number of nitrogens with zero attached hydrogens (tertiary/aromatic N) is 1. The number of aromatic nitrogens is 1. The molecule has 0 aliphatic heterocycles. The summed E-state index contributed by atoms with van der Waals surface area (Å²) in [5.74, 6) is 0.449. The fourth-order valence-electron chi connectivity index (χ4n) is 1.58. The number of carbonyl (C=O) groups excluding carboxylic acids is 1. The molecule has 1 aliphatic rings. The van der Waals surface area contributed by atoms with Crippen LogP contribution in [0.1, 0.15) is 36.7 Å². The highest BCUT2D eigenvalue weighted by Gasteiger charge is 2.18. The van der Waals surface area contributed by atoms with Gasteiger partial charge in [0.05, 0.1) is 6.61 Å². The minimum absolute atomic E-state index is 0.338. The van der Waals surface area contributed by atoms with E-state index in [1.165, 1.54) is 30.6 Å². The van der Waals surface area contributed by atoms with Gasteiger partial charge in [0.15, 0.2) is 10.8 Å². The molecule has 1 aliphatic carbocycles. The summed E-state index contributed by atoms with van der Waals surface area (Å²) in [6, 6.07) is 0. The molecule has 0 atom stereocenters. The van der Waals surface area contributed by atoms with Crippen LogP contribution in [0.25, 0.3) is 0 Å². The van der Waals surface area contributed by atoms with Crippen molar-refractivity contribution < 1.29 is 9.53 Å². The average molecular weight is 240 g/mol. The first-order valence-electron chi connectivity index (χ1n) is 5.66. The highest BCUT2D eigenvalue weighted by molar-refractivity contribution is 7.13. The first kappa shape index (κ1) is 11.4. The van der Waals surface area contributed by atoms with E-state index < -0.39 is 0 Å². The molecule has 0 unspecified atom stereocenters. The van der Waals surface area contributed by atoms with Gasteiger partial charge in [-0.2, -0.15) is 0 Å². The highest BCUT2D eigenvalue weighted by atomic mass is 32.1. The first-order valence-corrected chi connectivity index (χ1v) is 6.54. The molecule has 0 amide bonds. The molecule has 88 valence electrons. The van der Waals surface area contributed by atoms with Crippen LogP contribution in [0.2, 0.25) is 0 Å². The lowest BCUT2D eigenvalue weighted by molar-refractivity contribution is 0.0520. The largest absolute Gasteiger partial charge is 0.461 e. The Balaban J connectivity index is 1.83. The number of hydrogen-bond acceptors (Lipinski definition) is 5. The Morgan fingerprint density at radius 3 is 3.12 bits per heavy atom. The van der Waals surface area contributed by atoms with Gasteiger partial charge in [-0.05, 0) is 25.7 Å². The average Bonchev–Trinajstić information content (AvgIpc) is 2.64. The quantitative estimate of drug-likeness (QED) is 0.803. The van der Waals surface area contributed by atoms with Crippen LogP contribution in [-0.4, -0.2) is 24.1 Å². The summed E-state index contributed by atoms with van der Waals surface area (Å²) in [6.07, 6.45) is 3.96. The molecular weight excluding hydrogens is 224 g/mol. The van der Waals surface area contributed by atoms with Crippen molar-refractivity contribution in [3.63, 3.8) is 0 Å². The van der Waals surface area contributed by atoms with Crippen molar-refractivity contribution in [2.75, 3.05) is 18.5 Å². The predicted octanol–water partition coefficient (Wildman–Crippen LogP) is 2.53. The summed E-state index contributed by atoms with van der Waals surface area (Å²) >= 11 is 1.46. The molecule has 1 aromatic heterocycles. The molecule has 1 fully saturated rings. The van der Waals surface area contributed by atoms with Crippen molar-refractivity contribution in [2.24, 2.45) is 5.92 Å². The first-order chi connectivity index (χ1) is 7.79. The van der Waals surface area contributed by atoms with Crippen molar-refractivity contribution in [2.45, 2.75) is 26.2 Å². The van der Waals surface area contributed by atoms with Gasteiger partial charge in [0.25, 0.3) is 0 Å². The Morgan fingerprint density at radius 2 is 2.50 bits per heavy atom. The second kappa shape index (κ2) is 5.30. The molecule has 1 heterocycles. The van der Waals surface area contributed by atoms with E-state index in [9.17, 15) is 4.79 Å². The summed E-state index contributed by atoms with van der Waals surface area (Å²) in [5, 5.41) is 5.82. The van der Waals surface area contributed by atoms with Gasteiger partial charge in [-0.25, -0.2) is 9.78 Å². The number of anilines is 1. The van der Waals surface area contributed by atoms with Crippen LogP contribution in [0.4, 0.5) is 5.13 Å². The summed E-state index contributed by atoms with van der Waals surface area (Å²) in [4.78, 5) is 15.5. The molecule has 0 aromatic carbocycles. The van der Waals surface area contributed by atoms with Crippen molar-refractivity contribution in [1.29, 1.82) is 0 Å². The van der Waals surface area contributed by atoms with E-state index in [0.29, 0.717) is 12.3 Å². The number of rotatable bonds is 5. The highest BCUT2D eigenvalue weighted by Crippen LogP contribution is 2.27. The van der Waals surface area contributed by atoms with Crippen molar-refractivity contribution >= 4 is 22.4 Å². The molecule has 0 spiro atoms. The zero-order chi connectivity index (χ0) is 11.4. The van der Waals surface area contributed by atoms with E-state index in [2.05, 4.69) is 10.3 Å². The predicted molar refractivity (Wildman–Crippen MR) is 63.9 cm³/mol. The lowest BCUT2D eigenvalue weighted by atomic mass is 9.86. The second-order valence-electron chi connectivity index (χ2n) is 3.94. The van der Waals surface area contributed by atoms with Gasteiger partial charge in [0.1, 0.15) is 0 Å². The Bertz CT molecular complexity index is 361. The van der Waals surface area contributed by atoms with Crippen molar-refractivity contribution in [3.05, 3.63) is 11.1 Å². The molecule has 0 bridgehead atoms. The molecule has 4 nitrogen and oxygen atoms in total. The SMILES string of the molecule is CCOC(=O)c1csc(NCC2CCC2)n1. The summed E-state index contributed by atoms with van der Waals surface area (Å²) in [5.41, 5.74) is 0.406. The van der Waals surface area contributed by atoms with Crippen LogP contribution in [-0.2, 0) is 4.74 Å². The normalized spacial score (nSPS) is 15.6. The number of esters is 1. The third-order valence-corrected chi connectivity index (χ3v) is 3.56. The Labute approximate surface area is 99.0 Å². The molecule has 2 rings (SSSR count). The molecule has 5 heteroatoms. The second-order valence-corrected chi connectivity index (χ2v) is 4.79. The van der Waals surface area contributed by atoms with E-state index in [-0.39, 0.29) is 5.97 Å². The fourth-order valence-corrected chi connectivity index (χ4v) is 2.27. The molecule has 1 saturated carbocycles. The fraction of sp³-hybridized carbons (Fsp3) is 0.636. The maximum absolute atomic E-state index is 11.4. The smallest absolute Gasteiger partial charge is 0.357 e. The zero-order valence-electron chi connectivity index (χ0n) is 9.36. The van der Waals surface area contributed by atoms with E-state index in [0.717, 1.165) is 17.6 Å². The third-order valence-electron chi connectivity index (χ3n) is 2.76. The van der Waals surface area contributed by atoms with E-state index >= 15 is 0 Å². The molecular formula is C11H16N2O2S. The van der Waals surface area contributed by atoms with Crippen LogP contribution in [0, 0.1) is 5.92 Å². The van der Waals surface area contributed by atoms with Gasteiger partial charge < -0.3 is 10.1 Å². The van der Waals surface area contributed by atoms with Gasteiger partial charge in [-0.3, -0.25) is 0 Å². The number of hydrogen-bond donors (Lipinski definition) is 1. The number of ether oxygens (including phenoxy) is 1. The molecule has 0 radical (unpaired) electrons. The van der Waals surface area contributed by atoms with Gasteiger partial charge >= 0.3 is 5.97 Å². The minimum Gasteiger partial charge on any atom is -0.461 e. The number of thiazole rings is 1. The van der Waals surface area contributed by atoms with Crippen molar-refractivity contribution in [1.82, 2.24) is 4.98 Å². The maximum Gasteiger partial charge on any atom is 0.357 e. The Kier molecular flexibility index (Phi) is 3.77. The van der Waals surface area contributed by atoms with Crippen LogP contribution < -0.4 is 5.32 Å². The van der Waals surface area contributed by atoms with Crippen molar-refractivity contribution in [3.8, 4) is 0 Å². The number of carbonyl (C=O) groups is 1. The van der Waals surface area contributed by atoms with Gasteiger partial charge in [0.2, 0.25) is 0 Å². The minimum atomic E-state index is -0.338. The monoisotopic (exact) mass is 240 g/mol. The van der Waals surface area contributed by atoms with Gasteiger partial charge in [-0.15, -0.1) is 11.3 Å². The summed E-state index contributed by atoms with van der Waals surface area (Å²) in [7, 11) is 0. The standard InChI is InChI=1S/C11H16N2O2S/c1-2-15-10(14)9-7-16-11(13-9)12-6-8-4-3-5-8/h7-8H,2-6H2,1H3,(H,12,13). The van der Waals surface area contributed by atoms with E-state index in [1.807, 2.05) is 0 Å². The molecule has 16 heavy (non-hydrogen) atoms. The van der Waals surface area contributed by atoms with Crippen LogP contribution in [0.15, 0.2) is 5.38 Å². The topological polar surface area (TPSA) is 51.2 Å². The third kappa shape index (κ3) is 2.72. The molecule has 1 N–H and O–H groups in total. The Morgan fingerprint density at radius 1 is 1.69 bits per heavy atom. The van der Waals surface area contributed by atoms with Crippen LogP contribution >= 0.6 is 11.3 Å². The molecule has 0 saturated heterocycles. The summed E-state index contributed by atoms with van der Waals surface area (Å²) < 4.78 is 4.88.